The van der Waals surface area contributed by atoms with Crippen molar-refractivity contribution in [1.82, 2.24) is 5.43 Å². The summed E-state index contributed by atoms with van der Waals surface area (Å²) in [6, 6.07) is 9.57. The number of hydrogen-bond donors (Lipinski definition) is 4. The van der Waals surface area contributed by atoms with Crippen LogP contribution in [0.5, 0.6) is 0 Å². The first-order chi connectivity index (χ1) is 8.61. The van der Waals surface area contributed by atoms with E-state index in [4.69, 9.17) is 17.3 Å². The van der Waals surface area contributed by atoms with Crippen LogP contribution in [0.15, 0.2) is 30.3 Å². The van der Waals surface area contributed by atoms with Crippen molar-refractivity contribution in [2.75, 3.05) is 12.0 Å². The van der Waals surface area contributed by atoms with E-state index in [9.17, 15) is 4.79 Å². The Morgan fingerprint density at radius 3 is 2.44 bits per heavy atom. The third-order valence-electron chi connectivity index (χ3n) is 2.15. The van der Waals surface area contributed by atoms with Gasteiger partial charge in [0.25, 0.3) is 0 Å². The number of rotatable bonds is 6. The molecular formula is C12H22N4OS. The molecule has 6 heteroatoms. The Balaban J connectivity index is 0.000000321. The summed E-state index contributed by atoms with van der Waals surface area (Å²) in [7, 11) is 0. The molecule has 0 aliphatic carbocycles. The van der Waals surface area contributed by atoms with E-state index in [-0.39, 0.29) is 0 Å². The molecule has 1 atom stereocenters. The summed E-state index contributed by atoms with van der Waals surface area (Å²) in [6.07, 6.45) is 2.64. The van der Waals surface area contributed by atoms with Gasteiger partial charge < -0.3 is 11.5 Å². The Morgan fingerprint density at radius 1 is 1.39 bits per heavy atom. The highest BCUT2D eigenvalue weighted by atomic mass is 32.2. The SMILES string of the molecule is CSCCC(N)C(N)=O.NNCc1ccccc1. The molecule has 1 aromatic rings. The molecule has 0 spiro atoms. The van der Waals surface area contributed by atoms with Crippen molar-refractivity contribution in [2.45, 2.75) is 19.0 Å². The lowest BCUT2D eigenvalue weighted by atomic mass is 10.2. The molecule has 0 aliphatic heterocycles. The molecule has 5 nitrogen and oxygen atoms in total. The number of nitrogens with one attached hydrogen (secondary N) is 1. The molecule has 0 bridgehead atoms. The van der Waals surface area contributed by atoms with Crippen LogP contribution in [-0.2, 0) is 11.3 Å². The zero-order chi connectivity index (χ0) is 13.8. The summed E-state index contributed by atoms with van der Waals surface area (Å²) in [5.41, 5.74) is 14.0. The molecule has 0 aliphatic rings. The topological polar surface area (TPSA) is 107 Å². The second-order valence-electron chi connectivity index (χ2n) is 3.66. The zero-order valence-electron chi connectivity index (χ0n) is 10.6. The third kappa shape index (κ3) is 9.00. The lowest BCUT2D eigenvalue weighted by Gasteiger charge is -2.03. The summed E-state index contributed by atoms with van der Waals surface area (Å²) in [5, 5.41) is 0. The number of hydrogen-bond acceptors (Lipinski definition) is 5. The summed E-state index contributed by atoms with van der Waals surface area (Å²) in [4.78, 5) is 10.3. The third-order valence-corrected chi connectivity index (χ3v) is 2.79. The largest absolute Gasteiger partial charge is 0.368 e. The maximum atomic E-state index is 10.3. The number of carbonyl (C=O) groups excluding carboxylic acids is 1. The molecule has 0 aromatic heterocycles. The van der Waals surface area contributed by atoms with E-state index < -0.39 is 11.9 Å². The van der Waals surface area contributed by atoms with Crippen molar-refractivity contribution in [1.29, 1.82) is 0 Å². The van der Waals surface area contributed by atoms with Crippen LogP contribution in [0.1, 0.15) is 12.0 Å². The van der Waals surface area contributed by atoms with Gasteiger partial charge in [0, 0.05) is 6.54 Å². The van der Waals surface area contributed by atoms with Gasteiger partial charge in [-0.15, -0.1) is 0 Å². The van der Waals surface area contributed by atoms with E-state index in [2.05, 4.69) is 5.43 Å². The fraction of sp³-hybridized carbons (Fsp3) is 0.417. The minimum absolute atomic E-state index is 0.413. The highest BCUT2D eigenvalue weighted by Gasteiger charge is 2.06. The number of thioether (sulfide) groups is 1. The molecule has 0 saturated heterocycles. The van der Waals surface area contributed by atoms with Crippen molar-refractivity contribution >= 4 is 17.7 Å². The van der Waals surface area contributed by atoms with Crippen LogP contribution < -0.4 is 22.7 Å². The number of benzene rings is 1. The van der Waals surface area contributed by atoms with Gasteiger partial charge in [-0.1, -0.05) is 30.3 Å². The molecule has 0 saturated carbocycles. The van der Waals surface area contributed by atoms with Crippen LogP contribution in [0.25, 0.3) is 0 Å². The zero-order valence-corrected chi connectivity index (χ0v) is 11.5. The number of nitrogens with two attached hydrogens (primary N) is 3. The number of carbonyl (C=O) groups is 1. The smallest absolute Gasteiger partial charge is 0.234 e. The highest BCUT2D eigenvalue weighted by Crippen LogP contribution is 1.97. The lowest BCUT2D eigenvalue weighted by molar-refractivity contribution is -0.119. The lowest BCUT2D eigenvalue weighted by Crippen LogP contribution is -2.36. The van der Waals surface area contributed by atoms with E-state index in [1.54, 1.807) is 11.8 Å². The first-order valence-electron chi connectivity index (χ1n) is 5.63. The van der Waals surface area contributed by atoms with Gasteiger partial charge in [0.05, 0.1) is 6.04 Å². The van der Waals surface area contributed by atoms with Gasteiger partial charge in [-0.25, -0.2) is 0 Å². The van der Waals surface area contributed by atoms with Gasteiger partial charge in [0.1, 0.15) is 0 Å². The van der Waals surface area contributed by atoms with Gasteiger partial charge in [0.15, 0.2) is 0 Å². The minimum atomic E-state index is -0.461. The Morgan fingerprint density at radius 2 is 2.00 bits per heavy atom. The first kappa shape index (κ1) is 16.9. The van der Waals surface area contributed by atoms with Gasteiger partial charge in [-0.3, -0.25) is 16.1 Å². The van der Waals surface area contributed by atoms with Crippen molar-refractivity contribution in [2.24, 2.45) is 17.3 Å². The molecular weight excluding hydrogens is 248 g/mol. The summed E-state index contributed by atoms with van der Waals surface area (Å²) < 4.78 is 0. The first-order valence-corrected chi connectivity index (χ1v) is 7.02. The normalized spacial score (nSPS) is 11.3. The Kier molecular flexibility index (Phi) is 10.4. The fourth-order valence-electron chi connectivity index (χ4n) is 1.10. The molecule has 102 valence electrons. The van der Waals surface area contributed by atoms with Gasteiger partial charge >= 0.3 is 0 Å². The van der Waals surface area contributed by atoms with Gasteiger partial charge in [0.2, 0.25) is 5.91 Å². The fourth-order valence-corrected chi connectivity index (χ4v) is 1.59. The summed E-state index contributed by atoms with van der Waals surface area (Å²) >= 11 is 1.66. The van der Waals surface area contributed by atoms with E-state index in [1.807, 2.05) is 36.6 Å². The van der Waals surface area contributed by atoms with Crippen molar-refractivity contribution < 1.29 is 4.79 Å². The molecule has 18 heavy (non-hydrogen) atoms. The predicted molar refractivity (Wildman–Crippen MR) is 77.6 cm³/mol. The molecule has 1 unspecified atom stereocenters. The van der Waals surface area contributed by atoms with Crippen molar-refractivity contribution in [3.63, 3.8) is 0 Å². The quantitative estimate of drug-likeness (QED) is 0.436. The molecule has 1 aromatic carbocycles. The van der Waals surface area contributed by atoms with Crippen molar-refractivity contribution in [3.8, 4) is 0 Å². The number of hydrazine groups is 1. The van der Waals surface area contributed by atoms with Crippen LogP contribution in [0.4, 0.5) is 0 Å². The summed E-state index contributed by atoms with van der Waals surface area (Å²) in [6.45, 7) is 0.737. The monoisotopic (exact) mass is 270 g/mol. The predicted octanol–water partition coefficient (Wildman–Crippen LogP) is 0.202. The molecule has 0 fully saturated rings. The van der Waals surface area contributed by atoms with Gasteiger partial charge in [-0.05, 0) is 24.0 Å². The molecule has 0 radical (unpaired) electrons. The minimum Gasteiger partial charge on any atom is -0.368 e. The Labute approximate surface area is 112 Å². The molecule has 7 N–H and O–H groups in total. The standard InChI is InChI=1S/C7H10N2.C5H12N2OS/c8-9-6-7-4-2-1-3-5-7;1-9-3-2-4(6)5(7)8/h1-5,9H,6,8H2;4H,2-3,6H2,1H3,(H2,7,8). The van der Waals surface area contributed by atoms with E-state index in [1.165, 1.54) is 5.56 Å². The van der Waals surface area contributed by atoms with Crippen LogP contribution in [-0.4, -0.2) is 24.0 Å². The molecule has 1 amide bonds. The summed E-state index contributed by atoms with van der Waals surface area (Å²) in [5.74, 6) is 5.59. The maximum absolute atomic E-state index is 10.3. The van der Waals surface area contributed by atoms with E-state index in [0.717, 1.165) is 12.3 Å². The molecule has 1 rings (SSSR count). The molecule has 0 heterocycles. The Bertz CT molecular complexity index is 321. The highest BCUT2D eigenvalue weighted by molar-refractivity contribution is 7.98. The number of primary amides is 1. The Hall–Kier alpha value is -1.08. The van der Waals surface area contributed by atoms with Crippen LogP contribution in [0, 0.1) is 0 Å². The second kappa shape index (κ2) is 11.0. The second-order valence-corrected chi connectivity index (χ2v) is 4.64. The van der Waals surface area contributed by atoms with Crippen LogP contribution in [0.2, 0.25) is 0 Å². The maximum Gasteiger partial charge on any atom is 0.234 e. The van der Waals surface area contributed by atoms with E-state index in [0.29, 0.717) is 6.42 Å². The van der Waals surface area contributed by atoms with Crippen LogP contribution >= 0.6 is 11.8 Å². The average molecular weight is 270 g/mol. The van der Waals surface area contributed by atoms with Crippen molar-refractivity contribution in [3.05, 3.63) is 35.9 Å². The van der Waals surface area contributed by atoms with Crippen LogP contribution in [0.3, 0.4) is 0 Å². The average Bonchev–Trinajstić information content (AvgIpc) is 2.38. The van der Waals surface area contributed by atoms with Gasteiger partial charge in [-0.2, -0.15) is 11.8 Å². The number of amides is 1. The van der Waals surface area contributed by atoms with E-state index >= 15 is 0 Å².